The number of fused-ring (bicyclic) bond motifs is 3. The van der Waals surface area contributed by atoms with Gasteiger partial charge in [-0.15, -0.1) is 0 Å². The number of aliphatic hydroxyl groups excluding tert-OH is 23. The standard InChI is InChI=1S/C62H100O38/c1-20-11-61-9-5-28-59(2,7-4-8-60(28,3)58(86)99-56-49(97-53-44(84)39(79)32(72)23(14-65)89-53)46(35(75)26(17-68)92-56)94-51-42(82)37(77)30(70)21(12-63)87-51)29(61)6-10-62(20,19-61)100-57-50(98-54-45(85)40(80)33(73)24(15-66)90-54)47(36(76)27(18-69)93-57)95-55-48(41(81)34(74)25(16-67)91-55)96-52-43(83)38(78)31(71)22(13-64)88-52/h21-57,63-85H,1,4-19H2,2-3H3/t21-,22-,23-,24-,25-,26-,27-,28+,29+,30-,31-,32-,33-,34-,35-,36-,37+,38+,39+,40+,41+,42-,43-,44-,45-,46+,47+,48-,49-,50-,51+,52+,53+,54+,55+,56+,57+,59-,60-,61?,62+/m1/s1. The average molecular weight is 1450 g/mol. The average Bonchev–Trinajstić information content (AvgIpc) is 1.20. The molecule has 41 atom stereocenters. The topological polar surface area (TPSA) is 612 Å². The molecule has 0 amide bonds. The predicted molar refractivity (Wildman–Crippen MR) is 317 cm³/mol. The van der Waals surface area contributed by atoms with Crippen LogP contribution in [0.2, 0.25) is 0 Å². The molecule has 7 saturated heterocycles. The van der Waals surface area contributed by atoms with Crippen molar-refractivity contribution in [3.63, 3.8) is 0 Å². The van der Waals surface area contributed by atoms with E-state index in [-0.39, 0.29) is 25.2 Å². The van der Waals surface area contributed by atoms with E-state index in [0.717, 1.165) is 0 Å². The van der Waals surface area contributed by atoms with E-state index in [9.17, 15) is 117 Å². The molecule has 1 unspecified atom stereocenters. The molecule has 4 aliphatic carbocycles. The number of ether oxygens (including phenoxy) is 14. The second-order valence-electron chi connectivity index (χ2n) is 29.2. The molecule has 11 fully saturated rings. The number of hydrogen-bond donors (Lipinski definition) is 23. The molecular weight excluding hydrogens is 1350 g/mol. The van der Waals surface area contributed by atoms with Crippen LogP contribution in [0.25, 0.3) is 0 Å². The van der Waals surface area contributed by atoms with E-state index in [4.69, 9.17) is 66.3 Å². The van der Waals surface area contributed by atoms with Crippen LogP contribution in [0.4, 0.5) is 0 Å². The fraction of sp³-hybridized carbons (Fsp3) is 0.952. The van der Waals surface area contributed by atoms with E-state index in [2.05, 4.69) is 13.5 Å². The molecule has 0 aromatic heterocycles. The quantitative estimate of drug-likeness (QED) is 0.0288. The minimum absolute atomic E-state index is 0.169. The fourth-order valence-electron chi connectivity index (χ4n) is 17.9. The molecule has 2 bridgehead atoms. The van der Waals surface area contributed by atoms with Gasteiger partial charge in [0.2, 0.25) is 6.29 Å². The van der Waals surface area contributed by atoms with Gasteiger partial charge in [0, 0.05) is 0 Å². The van der Waals surface area contributed by atoms with Crippen LogP contribution in [0.3, 0.4) is 0 Å². The molecule has 1 spiro atoms. The Kier molecular flexibility index (Phi) is 24.6. The first-order valence-corrected chi connectivity index (χ1v) is 33.9. The highest BCUT2D eigenvalue weighted by atomic mass is 16.8. The van der Waals surface area contributed by atoms with Gasteiger partial charge in [0.1, 0.15) is 165 Å². The Hall–Kier alpha value is -2.23. The van der Waals surface area contributed by atoms with E-state index >= 15 is 4.79 Å². The van der Waals surface area contributed by atoms with Gasteiger partial charge in [-0.1, -0.05) is 19.9 Å². The molecule has 11 rings (SSSR count). The second kappa shape index (κ2) is 31.2. The van der Waals surface area contributed by atoms with Crippen LogP contribution in [0.15, 0.2) is 12.2 Å². The van der Waals surface area contributed by atoms with Gasteiger partial charge >= 0.3 is 5.97 Å². The molecule has 11 aliphatic rings. The van der Waals surface area contributed by atoms with Gasteiger partial charge in [0.25, 0.3) is 0 Å². The highest BCUT2D eigenvalue weighted by Crippen LogP contribution is 2.74. The van der Waals surface area contributed by atoms with Gasteiger partial charge in [-0.05, 0) is 86.5 Å². The Balaban J connectivity index is 0.876. The van der Waals surface area contributed by atoms with Crippen molar-refractivity contribution in [3.05, 3.63) is 12.2 Å². The molecule has 7 heterocycles. The minimum Gasteiger partial charge on any atom is -0.432 e. The Morgan fingerprint density at radius 3 is 1.15 bits per heavy atom. The van der Waals surface area contributed by atoms with E-state index in [1.54, 1.807) is 6.92 Å². The first-order valence-electron chi connectivity index (χ1n) is 33.9. The third-order valence-electron chi connectivity index (χ3n) is 23.4. The maximum atomic E-state index is 15.5. The third kappa shape index (κ3) is 14.0. The van der Waals surface area contributed by atoms with E-state index in [1.165, 1.54) is 0 Å². The monoisotopic (exact) mass is 1450 g/mol. The van der Waals surface area contributed by atoms with Crippen molar-refractivity contribution < 1.29 is 189 Å². The van der Waals surface area contributed by atoms with Crippen LogP contribution in [-0.2, 0) is 71.1 Å². The number of carbonyl (C=O) groups is 1. The number of aliphatic hydroxyl groups is 23. The van der Waals surface area contributed by atoms with Crippen LogP contribution >= 0.6 is 0 Å². The second-order valence-corrected chi connectivity index (χ2v) is 29.2. The van der Waals surface area contributed by atoms with Crippen LogP contribution < -0.4 is 0 Å². The summed E-state index contributed by atoms with van der Waals surface area (Å²) in [6.07, 6.45) is -64.3. The summed E-state index contributed by atoms with van der Waals surface area (Å²) in [6.45, 7) is 1.74. The summed E-state index contributed by atoms with van der Waals surface area (Å²) in [4.78, 5) is 15.5. The summed E-state index contributed by atoms with van der Waals surface area (Å²) in [6, 6.07) is 0. The summed E-state index contributed by atoms with van der Waals surface area (Å²) >= 11 is 0. The lowest BCUT2D eigenvalue weighted by molar-refractivity contribution is -0.409. The predicted octanol–water partition coefficient (Wildman–Crippen LogP) is -11.6. The molecule has 4 saturated carbocycles. The highest BCUT2D eigenvalue weighted by Gasteiger charge is 2.70. The Bertz CT molecular complexity index is 2720. The molecule has 100 heavy (non-hydrogen) atoms. The highest BCUT2D eigenvalue weighted by molar-refractivity contribution is 5.77. The molecule has 0 aromatic rings. The zero-order valence-electron chi connectivity index (χ0n) is 54.8. The van der Waals surface area contributed by atoms with Crippen LogP contribution in [0.1, 0.15) is 71.6 Å². The summed E-state index contributed by atoms with van der Waals surface area (Å²) in [5, 5.41) is 249. The zero-order valence-corrected chi connectivity index (χ0v) is 54.8. The van der Waals surface area contributed by atoms with Crippen molar-refractivity contribution in [2.24, 2.45) is 28.1 Å². The Labute approximate surface area is 571 Å². The van der Waals surface area contributed by atoms with E-state index in [0.29, 0.717) is 44.1 Å². The van der Waals surface area contributed by atoms with Crippen molar-refractivity contribution in [3.8, 4) is 0 Å². The SMILES string of the molecule is C=C1CC23CC[C@H]4[C@@](C)(CCC[C@@]4(C)C(=O)O[C@@H]4O[C@H](CO)[C@@H](O)[C@H](O[C@@H]5O[C@H](CO)[C@@H](O)[C@H](O)[C@H]5O)[C@H]4O[C@@H]4O[C@H](CO)[C@@H](O)[C@H](O)[C@H]4O)[C@@H]2CC[C@]1(O[C@@H]1O[C@H](CO)[C@@H](O)[C@H](O[C@@H]2O[C@H](CO)[C@@H](O)[C@H](O)[C@H]2O[C@@H]2O[C@H](CO)[C@@H](O)[C@H](O)[C@H]2O)[C@H]1O[C@@H]1O[C@H](CO)[C@@H](O)[C@H](O)[C@H]1O)C3. The first-order chi connectivity index (χ1) is 47.3. The van der Waals surface area contributed by atoms with Crippen molar-refractivity contribution >= 4 is 5.97 Å². The third-order valence-corrected chi connectivity index (χ3v) is 23.4. The number of rotatable bonds is 21. The largest absolute Gasteiger partial charge is 0.432 e. The lowest BCUT2D eigenvalue weighted by Crippen LogP contribution is -2.69. The Morgan fingerprint density at radius 1 is 0.380 bits per heavy atom. The molecular formula is C62H100O38. The smallest absolute Gasteiger partial charge is 0.314 e. The van der Waals surface area contributed by atoms with Gasteiger partial charge in [0.15, 0.2) is 43.8 Å². The Morgan fingerprint density at radius 2 is 0.720 bits per heavy atom. The molecule has 0 radical (unpaired) electrons. The number of carbonyl (C=O) groups excluding carboxylic acids is 1. The summed E-state index contributed by atoms with van der Waals surface area (Å²) in [7, 11) is 0. The number of esters is 1. The van der Waals surface area contributed by atoms with E-state index < -0.39 is 295 Å². The number of hydrogen-bond acceptors (Lipinski definition) is 38. The van der Waals surface area contributed by atoms with Crippen molar-refractivity contribution in [1.82, 2.24) is 0 Å². The van der Waals surface area contributed by atoms with Gasteiger partial charge in [-0.2, -0.15) is 0 Å². The normalized spacial score (nSPS) is 54.5. The van der Waals surface area contributed by atoms with Gasteiger partial charge in [0.05, 0.1) is 57.3 Å². The molecule has 23 N–H and O–H groups in total. The fourth-order valence-corrected chi connectivity index (χ4v) is 17.9. The molecule has 0 aromatic carbocycles. The first kappa shape index (κ1) is 78.8. The van der Waals surface area contributed by atoms with Gasteiger partial charge < -0.3 is 184 Å². The minimum atomic E-state index is -2.13. The lowest BCUT2D eigenvalue weighted by atomic mass is 9.41. The van der Waals surface area contributed by atoms with Crippen molar-refractivity contribution in [1.29, 1.82) is 0 Å². The molecule has 38 nitrogen and oxygen atoms in total. The van der Waals surface area contributed by atoms with Crippen LogP contribution in [0, 0.1) is 28.1 Å². The summed E-state index contributed by atoms with van der Waals surface area (Å²) in [5.41, 5.74) is -3.59. The maximum Gasteiger partial charge on any atom is 0.314 e. The van der Waals surface area contributed by atoms with Gasteiger partial charge in [-0.3, -0.25) is 4.79 Å². The molecule has 38 heteroatoms. The van der Waals surface area contributed by atoms with Crippen LogP contribution in [0.5, 0.6) is 0 Å². The van der Waals surface area contributed by atoms with Crippen molar-refractivity contribution in [2.45, 2.75) is 292 Å². The van der Waals surface area contributed by atoms with Gasteiger partial charge in [-0.25, -0.2) is 0 Å². The van der Waals surface area contributed by atoms with Crippen LogP contribution in [-0.4, -0.2) is 390 Å². The zero-order chi connectivity index (χ0) is 72.7. The van der Waals surface area contributed by atoms with Crippen molar-refractivity contribution in [2.75, 3.05) is 46.2 Å². The summed E-state index contributed by atoms with van der Waals surface area (Å²) < 4.78 is 85.4. The molecule has 7 aliphatic heterocycles. The summed E-state index contributed by atoms with van der Waals surface area (Å²) in [5.74, 6) is -1.59. The lowest BCUT2D eigenvalue weighted by Gasteiger charge is -2.64. The van der Waals surface area contributed by atoms with E-state index in [1.807, 2.05) is 0 Å². The molecule has 576 valence electrons. The maximum absolute atomic E-state index is 15.5.